The fourth-order valence-electron chi connectivity index (χ4n) is 2.89. The van der Waals surface area contributed by atoms with E-state index in [4.69, 9.17) is 9.47 Å². The molecule has 0 aliphatic carbocycles. The van der Waals surface area contributed by atoms with Crippen molar-refractivity contribution in [2.45, 2.75) is 13.1 Å². The Hall–Kier alpha value is -4.67. The van der Waals surface area contributed by atoms with Gasteiger partial charge in [-0.15, -0.1) is 0 Å². The number of esters is 1. The van der Waals surface area contributed by atoms with Gasteiger partial charge in [0.25, 0.3) is 0 Å². The zero-order valence-corrected chi connectivity index (χ0v) is 19.1. The van der Waals surface area contributed by atoms with E-state index in [0.717, 1.165) is 12.1 Å². The van der Waals surface area contributed by atoms with E-state index in [-0.39, 0.29) is 11.4 Å². The second kappa shape index (κ2) is 11.2. The molecular formula is C25H20F3N3O5. The maximum absolute atomic E-state index is 12.8. The topological polar surface area (TPSA) is 106 Å². The van der Waals surface area contributed by atoms with E-state index in [1.165, 1.54) is 25.3 Å². The first-order chi connectivity index (χ1) is 17.1. The molecule has 3 rings (SSSR count). The largest absolute Gasteiger partial charge is 0.497 e. The molecule has 2 N–H and O–H groups in total. The van der Waals surface area contributed by atoms with Gasteiger partial charge in [-0.25, -0.2) is 10.2 Å². The fraction of sp³-hybridized carbons (Fsp3) is 0.120. The molecule has 0 saturated carbocycles. The predicted molar refractivity (Wildman–Crippen MR) is 125 cm³/mol. The van der Waals surface area contributed by atoms with Crippen LogP contribution in [0.1, 0.15) is 28.4 Å². The van der Waals surface area contributed by atoms with Crippen LogP contribution >= 0.6 is 0 Å². The molecule has 0 aliphatic heterocycles. The van der Waals surface area contributed by atoms with Gasteiger partial charge < -0.3 is 14.8 Å². The quantitative estimate of drug-likeness (QED) is 0.172. The minimum absolute atomic E-state index is 0.190. The lowest BCUT2D eigenvalue weighted by Crippen LogP contribution is -2.33. The minimum Gasteiger partial charge on any atom is -0.497 e. The second-order valence-corrected chi connectivity index (χ2v) is 7.32. The Morgan fingerprint density at radius 2 is 1.53 bits per heavy atom. The van der Waals surface area contributed by atoms with Crippen molar-refractivity contribution < 1.29 is 37.0 Å². The molecule has 3 aromatic rings. The number of amides is 2. The third-order valence-electron chi connectivity index (χ3n) is 4.77. The number of ether oxygens (including phenoxy) is 2. The number of methoxy groups -OCH3 is 1. The molecule has 0 heterocycles. The number of nitrogens with zero attached hydrogens (tertiary/aromatic N) is 1. The van der Waals surface area contributed by atoms with Crippen molar-refractivity contribution in [1.29, 1.82) is 0 Å². The van der Waals surface area contributed by atoms with E-state index in [1.54, 1.807) is 43.3 Å². The van der Waals surface area contributed by atoms with E-state index in [2.05, 4.69) is 10.4 Å². The van der Waals surface area contributed by atoms with E-state index in [0.29, 0.717) is 28.7 Å². The summed E-state index contributed by atoms with van der Waals surface area (Å²) in [6.07, 6.45) is -4.59. The van der Waals surface area contributed by atoms with E-state index in [1.807, 2.05) is 5.43 Å². The summed E-state index contributed by atoms with van der Waals surface area (Å²) in [6, 6.07) is 16.6. The molecular weight excluding hydrogens is 479 g/mol. The van der Waals surface area contributed by atoms with Crippen LogP contribution in [0.3, 0.4) is 0 Å². The molecule has 0 saturated heterocycles. The van der Waals surface area contributed by atoms with E-state index >= 15 is 0 Å². The average Bonchev–Trinajstić information content (AvgIpc) is 2.87. The summed E-state index contributed by atoms with van der Waals surface area (Å²) in [5.41, 5.74) is 2.07. The summed E-state index contributed by atoms with van der Waals surface area (Å²) in [6.45, 7) is 1.56. The number of anilines is 1. The first-order valence-electron chi connectivity index (χ1n) is 10.4. The molecule has 0 aliphatic rings. The number of alkyl halides is 3. The molecule has 0 unspecified atom stereocenters. The van der Waals surface area contributed by atoms with Crippen molar-refractivity contribution in [2.75, 3.05) is 12.4 Å². The fourth-order valence-corrected chi connectivity index (χ4v) is 2.89. The number of hydrazone groups is 1. The molecule has 0 spiro atoms. The highest BCUT2D eigenvalue weighted by Crippen LogP contribution is 2.30. The van der Waals surface area contributed by atoms with Crippen molar-refractivity contribution in [1.82, 2.24) is 5.43 Å². The van der Waals surface area contributed by atoms with Crippen LogP contribution in [0.5, 0.6) is 11.5 Å². The number of halogens is 3. The summed E-state index contributed by atoms with van der Waals surface area (Å²) in [4.78, 5) is 36.3. The Bertz CT molecular complexity index is 1300. The van der Waals surface area contributed by atoms with E-state index < -0.39 is 29.5 Å². The maximum Gasteiger partial charge on any atom is 0.416 e. The molecule has 186 valence electrons. The van der Waals surface area contributed by atoms with Crippen molar-refractivity contribution in [3.63, 3.8) is 0 Å². The van der Waals surface area contributed by atoms with Crippen molar-refractivity contribution >= 4 is 29.2 Å². The zero-order chi connectivity index (χ0) is 26.3. The second-order valence-electron chi connectivity index (χ2n) is 7.32. The zero-order valence-electron chi connectivity index (χ0n) is 19.1. The van der Waals surface area contributed by atoms with Gasteiger partial charge in [-0.2, -0.15) is 18.3 Å². The number of hydrogen-bond donors (Lipinski definition) is 2. The molecule has 36 heavy (non-hydrogen) atoms. The van der Waals surface area contributed by atoms with Gasteiger partial charge in [-0.1, -0.05) is 12.1 Å². The highest BCUT2D eigenvalue weighted by atomic mass is 19.4. The van der Waals surface area contributed by atoms with Gasteiger partial charge in [0.05, 0.1) is 23.9 Å². The smallest absolute Gasteiger partial charge is 0.416 e. The predicted octanol–water partition coefficient (Wildman–Crippen LogP) is 4.41. The normalized spacial score (nSPS) is 11.4. The molecule has 2 amide bonds. The van der Waals surface area contributed by atoms with Crippen LogP contribution in [-0.2, 0) is 15.8 Å². The molecule has 0 aromatic heterocycles. The number of carbonyl (C=O) groups excluding carboxylic acids is 3. The monoisotopic (exact) mass is 499 g/mol. The summed E-state index contributed by atoms with van der Waals surface area (Å²) in [5, 5.41) is 5.91. The Labute approximate surface area is 203 Å². The summed E-state index contributed by atoms with van der Waals surface area (Å²) in [7, 11) is 1.48. The number of rotatable bonds is 6. The lowest BCUT2D eigenvalue weighted by Gasteiger charge is -2.09. The van der Waals surface area contributed by atoms with Crippen molar-refractivity contribution in [3.8, 4) is 11.5 Å². The van der Waals surface area contributed by atoms with Crippen LogP contribution in [0.4, 0.5) is 18.9 Å². The van der Waals surface area contributed by atoms with Crippen LogP contribution in [-0.4, -0.2) is 30.6 Å². The van der Waals surface area contributed by atoms with Crippen molar-refractivity contribution in [3.05, 3.63) is 89.5 Å². The summed E-state index contributed by atoms with van der Waals surface area (Å²) in [5.74, 6) is -2.16. The maximum atomic E-state index is 12.8. The third-order valence-corrected chi connectivity index (χ3v) is 4.77. The van der Waals surface area contributed by atoms with E-state index in [9.17, 15) is 27.6 Å². The Kier molecular flexibility index (Phi) is 8.05. The molecule has 3 aromatic carbocycles. The van der Waals surface area contributed by atoms with Crippen LogP contribution in [0.25, 0.3) is 0 Å². The first-order valence-corrected chi connectivity index (χ1v) is 10.4. The SMILES string of the molecule is COc1cccc(C(=O)Oc2ccc(/C(C)=N/NC(=O)C(=O)Nc3cccc(C(F)(F)F)c3)cc2)c1. The number of hydrogen-bond acceptors (Lipinski definition) is 6. The standard InChI is InChI=1S/C25H20F3N3O5/c1-15(30-31-23(33)22(32)29-19-7-4-6-18(14-19)25(26,27)28)16-9-11-20(12-10-16)36-24(34)17-5-3-8-21(13-17)35-2/h3-14H,1-2H3,(H,29,32)(H,31,33)/b30-15+. The number of carbonyl (C=O) groups is 3. The van der Waals surface area contributed by atoms with Crippen LogP contribution in [0, 0.1) is 0 Å². The minimum atomic E-state index is -4.59. The van der Waals surface area contributed by atoms with Gasteiger partial charge in [0, 0.05) is 5.69 Å². The van der Waals surface area contributed by atoms with Crippen LogP contribution < -0.4 is 20.2 Å². The summed E-state index contributed by atoms with van der Waals surface area (Å²) < 4.78 is 48.8. The van der Waals surface area contributed by atoms with Gasteiger partial charge in [0.1, 0.15) is 11.5 Å². The Morgan fingerprint density at radius 1 is 0.833 bits per heavy atom. The van der Waals surface area contributed by atoms with Gasteiger partial charge >= 0.3 is 24.0 Å². The average molecular weight is 499 g/mol. The Balaban J connectivity index is 1.58. The molecule has 0 bridgehead atoms. The lowest BCUT2D eigenvalue weighted by molar-refractivity contribution is -0.137. The Morgan fingerprint density at radius 3 is 2.19 bits per heavy atom. The molecule has 11 heteroatoms. The highest BCUT2D eigenvalue weighted by molar-refractivity contribution is 6.39. The van der Waals surface area contributed by atoms with Crippen LogP contribution in [0.15, 0.2) is 77.9 Å². The first kappa shape index (κ1) is 25.9. The van der Waals surface area contributed by atoms with Gasteiger partial charge in [-0.05, 0) is 73.2 Å². The highest BCUT2D eigenvalue weighted by Gasteiger charge is 2.30. The number of benzene rings is 3. The van der Waals surface area contributed by atoms with Gasteiger partial charge in [-0.3, -0.25) is 9.59 Å². The lowest BCUT2D eigenvalue weighted by atomic mass is 10.1. The molecule has 0 fully saturated rings. The van der Waals surface area contributed by atoms with Gasteiger partial charge in [0.15, 0.2) is 0 Å². The third kappa shape index (κ3) is 6.92. The molecule has 0 radical (unpaired) electrons. The molecule has 0 atom stereocenters. The molecule has 8 nitrogen and oxygen atoms in total. The van der Waals surface area contributed by atoms with Crippen LogP contribution in [0.2, 0.25) is 0 Å². The summed E-state index contributed by atoms with van der Waals surface area (Å²) >= 11 is 0. The van der Waals surface area contributed by atoms with Crippen molar-refractivity contribution in [2.24, 2.45) is 5.10 Å². The number of nitrogens with one attached hydrogen (secondary N) is 2. The van der Waals surface area contributed by atoms with Gasteiger partial charge in [0.2, 0.25) is 0 Å².